The highest BCUT2D eigenvalue weighted by Crippen LogP contribution is 2.44. The van der Waals surface area contributed by atoms with Crippen molar-refractivity contribution in [3.05, 3.63) is 23.8 Å². The van der Waals surface area contributed by atoms with Gasteiger partial charge in [-0.3, -0.25) is 0 Å². The van der Waals surface area contributed by atoms with Gasteiger partial charge in [0.25, 0.3) is 0 Å². The van der Waals surface area contributed by atoms with Crippen molar-refractivity contribution in [3.63, 3.8) is 0 Å². The molecule has 0 aromatic rings. The molecule has 1 fully saturated rings. The molecular formula is C14H22. The fourth-order valence-electron chi connectivity index (χ4n) is 3.38. The van der Waals surface area contributed by atoms with Crippen LogP contribution < -0.4 is 0 Å². The summed E-state index contributed by atoms with van der Waals surface area (Å²) < 4.78 is 0. The van der Waals surface area contributed by atoms with E-state index in [0.717, 1.165) is 11.8 Å². The van der Waals surface area contributed by atoms with Gasteiger partial charge in [-0.1, -0.05) is 36.6 Å². The Morgan fingerprint density at radius 3 is 2.79 bits per heavy atom. The average molecular weight is 190 g/mol. The highest BCUT2D eigenvalue weighted by molar-refractivity contribution is 5.19. The van der Waals surface area contributed by atoms with E-state index in [9.17, 15) is 0 Å². The third-order valence-electron chi connectivity index (χ3n) is 4.05. The summed E-state index contributed by atoms with van der Waals surface area (Å²) in [6, 6.07) is 0. The van der Waals surface area contributed by atoms with Crippen molar-refractivity contribution < 1.29 is 0 Å². The zero-order valence-electron chi connectivity index (χ0n) is 9.55. The Bertz CT molecular complexity index is 259. The molecule has 2 aliphatic carbocycles. The molecular weight excluding hydrogens is 168 g/mol. The highest BCUT2D eigenvalue weighted by Gasteiger charge is 2.33. The standard InChI is InChI=1S/C14H22/c1-10(2)14-9-11(3)8-12-6-4-5-7-13(12)14/h9,12-14H,1,4-8H2,2-3H3/t12-,13+,14-/m0/s1. The SMILES string of the molecule is C=C(C)[C@@H]1C=C(C)C[C@@H]2CCCC[C@H]21. The molecule has 0 N–H and O–H groups in total. The Hall–Kier alpha value is -0.520. The van der Waals surface area contributed by atoms with Crippen LogP contribution in [0.25, 0.3) is 0 Å². The third-order valence-corrected chi connectivity index (χ3v) is 4.05. The summed E-state index contributed by atoms with van der Waals surface area (Å²) in [6.07, 6.45) is 9.63. The first-order chi connectivity index (χ1) is 6.68. The summed E-state index contributed by atoms with van der Waals surface area (Å²) in [4.78, 5) is 0. The van der Waals surface area contributed by atoms with E-state index in [1.807, 2.05) is 0 Å². The predicted octanol–water partition coefficient (Wildman–Crippen LogP) is 4.34. The van der Waals surface area contributed by atoms with Crippen molar-refractivity contribution in [2.24, 2.45) is 17.8 Å². The Labute approximate surface area is 88.1 Å². The van der Waals surface area contributed by atoms with E-state index in [1.165, 1.54) is 37.7 Å². The molecule has 0 unspecified atom stereocenters. The van der Waals surface area contributed by atoms with Gasteiger partial charge < -0.3 is 0 Å². The molecule has 0 amide bonds. The number of hydrogen-bond donors (Lipinski definition) is 0. The predicted molar refractivity (Wildman–Crippen MR) is 62.1 cm³/mol. The molecule has 0 aromatic carbocycles. The van der Waals surface area contributed by atoms with E-state index in [0.29, 0.717) is 5.92 Å². The fourth-order valence-corrected chi connectivity index (χ4v) is 3.38. The quantitative estimate of drug-likeness (QED) is 0.540. The van der Waals surface area contributed by atoms with Gasteiger partial charge in [-0.05, 0) is 44.9 Å². The first kappa shape index (κ1) is 10.0. The molecule has 0 aromatic heterocycles. The van der Waals surface area contributed by atoms with Crippen LogP contribution in [0.5, 0.6) is 0 Å². The van der Waals surface area contributed by atoms with Crippen LogP contribution in [-0.2, 0) is 0 Å². The maximum absolute atomic E-state index is 4.16. The molecule has 0 aliphatic heterocycles. The summed E-state index contributed by atoms with van der Waals surface area (Å²) in [5.41, 5.74) is 2.97. The first-order valence-corrected chi connectivity index (χ1v) is 6.01. The second-order valence-corrected chi connectivity index (χ2v) is 5.30. The van der Waals surface area contributed by atoms with E-state index in [1.54, 1.807) is 5.57 Å². The van der Waals surface area contributed by atoms with Gasteiger partial charge in [0.15, 0.2) is 0 Å². The van der Waals surface area contributed by atoms with Crippen molar-refractivity contribution in [1.29, 1.82) is 0 Å². The maximum atomic E-state index is 4.16. The van der Waals surface area contributed by atoms with Crippen LogP contribution in [0.3, 0.4) is 0 Å². The summed E-state index contributed by atoms with van der Waals surface area (Å²) in [7, 11) is 0. The van der Waals surface area contributed by atoms with Gasteiger partial charge in [-0.15, -0.1) is 0 Å². The van der Waals surface area contributed by atoms with Crippen LogP contribution in [0.4, 0.5) is 0 Å². The lowest BCUT2D eigenvalue weighted by Crippen LogP contribution is -2.30. The summed E-state index contributed by atoms with van der Waals surface area (Å²) in [5, 5.41) is 0. The van der Waals surface area contributed by atoms with Crippen LogP contribution in [0, 0.1) is 17.8 Å². The molecule has 14 heavy (non-hydrogen) atoms. The molecule has 1 saturated carbocycles. The summed E-state index contributed by atoms with van der Waals surface area (Å²) >= 11 is 0. The molecule has 78 valence electrons. The Balaban J connectivity index is 2.21. The lowest BCUT2D eigenvalue weighted by atomic mass is 9.65. The summed E-state index contributed by atoms with van der Waals surface area (Å²) in [6.45, 7) is 8.65. The number of fused-ring (bicyclic) bond motifs is 1. The minimum absolute atomic E-state index is 0.689. The first-order valence-electron chi connectivity index (χ1n) is 6.01. The van der Waals surface area contributed by atoms with Crippen molar-refractivity contribution in [3.8, 4) is 0 Å². The molecule has 0 heteroatoms. The Kier molecular flexibility index (Phi) is 2.80. The number of rotatable bonds is 1. The van der Waals surface area contributed by atoms with Gasteiger partial charge in [0, 0.05) is 5.92 Å². The van der Waals surface area contributed by atoms with Gasteiger partial charge in [-0.2, -0.15) is 0 Å². The average Bonchev–Trinajstić information content (AvgIpc) is 2.16. The second kappa shape index (κ2) is 3.92. The summed E-state index contributed by atoms with van der Waals surface area (Å²) in [5.74, 6) is 2.58. The molecule has 2 rings (SSSR count). The van der Waals surface area contributed by atoms with Crippen LogP contribution in [0.15, 0.2) is 23.8 Å². The van der Waals surface area contributed by atoms with E-state index < -0.39 is 0 Å². The van der Waals surface area contributed by atoms with Crippen LogP contribution in [0.2, 0.25) is 0 Å². The fraction of sp³-hybridized carbons (Fsp3) is 0.714. The van der Waals surface area contributed by atoms with Crippen molar-refractivity contribution in [2.75, 3.05) is 0 Å². The van der Waals surface area contributed by atoms with Gasteiger partial charge in [0.05, 0.1) is 0 Å². The lowest BCUT2D eigenvalue weighted by molar-refractivity contribution is 0.188. The monoisotopic (exact) mass is 190 g/mol. The van der Waals surface area contributed by atoms with Gasteiger partial charge in [0.1, 0.15) is 0 Å². The third kappa shape index (κ3) is 1.80. The van der Waals surface area contributed by atoms with E-state index in [4.69, 9.17) is 0 Å². The van der Waals surface area contributed by atoms with Crippen LogP contribution in [0.1, 0.15) is 46.0 Å². The second-order valence-electron chi connectivity index (χ2n) is 5.30. The van der Waals surface area contributed by atoms with Gasteiger partial charge in [0.2, 0.25) is 0 Å². The molecule has 0 heterocycles. The zero-order chi connectivity index (χ0) is 10.1. The van der Waals surface area contributed by atoms with E-state index >= 15 is 0 Å². The smallest absolute Gasteiger partial charge is 0.000489 e. The van der Waals surface area contributed by atoms with Crippen molar-refractivity contribution in [1.82, 2.24) is 0 Å². The van der Waals surface area contributed by atoms with Crippen molar-refractivity contribution in [2.45, 2.75) is 46.0 Å². The largest absolute Gasteiger partial charge is 0.0995 e. The molecule has 0 bridgehead atoms. The van der Waals surface area contributed by atoms with Crippen LogP contribution in [-0.4, -0.2) is 0 Å². The lowest BCUT2D eigenvalue weighted by Gasteiger charge is -2.40. The Morgan fingerprint density at radius 1 is 1.36 bits per heavy atom. The highest BCUT2D eigenvalue weighted by atomic mass is 14.4. The van der Waals surface area contributed by atoms with E-state index in [-0.39, 0.29) is 0 Å². The van der Waals surface area contributed by atoms with Gasteiger partial charge >= 0.3 is 0 Å². The van der Waals surface area contributed by atoms with Crippen LogP contribution >= 0.6 is 0 Å². The molecule has 0 radical (unpaired) electrons. The maximum Gasteiger partial charge on any atom is 0.000489 e. The van der Waals surface area contributed by atoms with E-state index in [2.05, 4.69) is 26.5 Å². The number of hydrogen-bond acceptors (Lipinski definition) is 0. The molecule has 0 saturated heterocycles. The number of allylic oxidation sites excluding steroid dienone is 3. The minimum atomic E-state index is 0.689. The zero-order valence-corrected chi connectivity index (χ0v) is 9.55. The minimum Gasteiger partial charge on any atom is -0.0995 e. The molecule has 0 spiro atoms. The topological polar surface area (TPSA) is 0 Å². The van der Waals surface area contributed by atoms with Crippen molar-refractivity contribution >= 4 is 0 Å². The molecule has 0 nitrogen and oxygen atoms in total. The molecule has 2 aliphatic rings. The Morgan fingerprint density at radius 2 is 2.07 bits per heavy atom. The van der Waals surface area contributed by atoms with Gasteiger partial charge in [-0.25, -0.2) is 0 Å². The normalized spacial score (nSPS) is 37.3. The molecule has 3 atom stereocenters.